The van der Waals surface area contributed by atoms with E-state index < -0.39 is 0 Å². The summed E-state index contributed by atoms with van der Waals surface area (Å²) in [6.07, 6.45) is 2.37. The van der Waals surface area contributed by atoms with Crippen molar-refractivity contribution in [2.45, 2.75) is 59.5 Å². The Hall–Kier alpha value is -0.380. The Bertz CT molecular complexity index is 361. The number of nitrogens with zero attached hydrogens (tertiary/aromatic N) is 1. The molecule has 2 atom stereocenters. The van der Waals surface area contributed by atoms with Crippen LogP contribution in [0.25, 0.3) is 0 Å². The molecule has 0 amide bonds. The SMILES string of the molecule is CCC(C)(CNC(C)C)CN(C)C(C)Cc1cccs1. The molecule has 3 heteroatoms. The van der Waals surface area contributed by atoms with Crippen molar-refractivity contribution in [3.8, 4) is 0 Å². The van der Waals surface area contributed by atoms with Crippen LogP contribution in [0.4, 0.5) is 0 Å². The Balaban J connectivity index is 2.50. The number of rotatable bonds is 9. The topological polar surface area (TPSA) is 15.3 Å². The highest BCUT2D eigenvalue weighted by Gasteiger charge is 2.26. The monoisotopic (exact) mass is 296 g/mol. The molecule has 2 nitrogen and oxygen atoms in total. The predicted molar refractivity (Wildman–Crippen MR) is 91.7 cm³/mol. The third-order valence-electron chi connectivity index (χ3n) is 4.25. The molecule has 0 aliphatic rings. The van der Waals surface area contributed by atoms with Gasteiger partial charge in [-0.1, -0.05) is 33.8 Å². The molecule has 1 rings (SSSR count). The minimum atomic E-state index is 0.350. The summed E-state index contributed by atoms with van der Waals surface area (Å²) < 4.78 is 0. The molecule has 0 spiro atoms. The van der Waals surface area contributed by atoms with Gasteiger partial charge in [-0.05, 0) is 43.7 Å². The number of thiophene rings is 1. The van der Waals surface area contributed by atoms with Crippen LogP contribution in [-0.4, -0.2) is 37.1 Å². The number of nitrogens with one attached hydrogen (secondary N) is 1. The summed E-state index contributed by atoms with van der Waals surface area (Å²) in [5.74, 6) is 0. The predicted octanol–water partition coefficient (Wildman–Crippen LogP) is 4.03. The largest absolute Gasteiger partial charge is 0.314 e. The summed E-state index contributed by atoms with van der Waals surface area (Å²) in [5.41, 5.74) is 0.350. The molecule has 0 aliphatic heterocycles. The Morgan fingerprint density at radius 3 is 2.55 bits per heavy atom. The van der Waals surface area contributed by atoms with Crippen LogP contribution in [0.3, 0.4) is 0 Å². The molecule has 2 unspecified atom stereocenters. The lowest BCUT2D eigenvalue weighted by molar-refractivity contribution is 0.145. The maximum Gasteiger partial charge on any atom is 0.0112 e. The van der Waals surface area contributed by atoms with E-state index in [-0.39, 0.29) is 0 Å². The highest BCUT2D eigenvalue weighted by molar-refractivity contribution is 7.09. The zero-order valence-corrected chi connectivity index (χ0v) is 14.9. The fraction of sp³-hybridized carbons (Fsp3) is 0.765. The standard InChI is InChI=1S/C17H32N2S/c1-7-17(5,12-18-14(2)3)13-19(6)15(4)11-16-9-8-10-20-16/h8-10,14-15,18H,7,11-13H2,1-6H3. The summed E-state index contributed by atoms with van der Waals surface area (Å²) in [4.78, 5) is 4.01. The molecule has 1 N–H and O–H groups in total. The van der Waals surface area contributed by atoms with E-state index in [2.05, 4.69) is 69.4 Å². The number of hydrogen-bond donors (Lipinski definition) is 1. The molecule has 20 heavy (non-hydrogen) atoms. The molecule has 0 aliphatic carbocycles. The zero-order valence-electron chi connectivity index (χ0n) is 14.1. The summed E-state index contributed by atoms with van der Waals surface area (Å²) in [6, 6.07) is 5.55. The summed E-state index contributed by atoms with van der Waals surface area (Å²) >= 11 is 1.87. The van der Waals surface area contributed by atoms with Gasteiger partial charge in [-0.15, -0.1) is 11.3 Å². The van der Waals surface area contributed by atoms with E-state index in [4.69, 9.17) is 0 Å². The third-order valence-corrected chi connectivity index (χ3v) is 5.15. The highest BCUT2D eigenvalue weighted by atomic mass is 32.1. The maximum atomic E-state index is 3.60. The first-order valence-corrected chi connectivity index (χ1v) is 8.70. The van der Waals surface area contributed by atoms with Gasteiger partial charge in [0, 0.05) is 30.1 Å². The molecule has 1 aromatic rings. The van der Waals surface area contributed by atoms with Crippen LogP contribution in [-0.2, 0) is 6.42 Å². The quantitative estimate of drug-likeness (QED) is 0.740. The maximum absolute atomic E-state index is 3.60. The summed E-state index contributed by atoms with van der Waals surface area (Å²) in [6.45, 7) is 13.7. The van der Waals surface area contributed by atoms with Crippen molar-refractivity contribution < 1.29 is 0 Å². The molecule has 0 fully saturated rings. The number of likely N-dealkylation sites (N-methyl/N-ethyl adjacent to an activating group) is 1. The Labute approximate surface area is 129 Å². The van der Waals surface area contributed by atoms with Crippen LogP contribution in [0, 0.1) is 5.41 Å². The van der Waals surface area contributed by atoms with Crippen LogP contribution >= 0.6 is 11.3 Å². The van der Waals surface area contributed by atoms with E-state index in [1.165, 1.54) is 11.3 Å². The van der Waals surface area contributed by atoms with E-state index in [1.54, 1.807) is 0 Å². The second-order valence-corrected chi connectivity index (χ2v) is 7.78. The van der Waals surface area contributed by atoms with E-state index in [1.807, 2.05) is 11.3 Å². The van der Waals surface area contributed by atoms with E-state index in [9.17, 15) is 0 Å². The van der Waals surface area contributed by atoms with Crippen LogP contribution in [0.15, 0.2) is 17.5 Å². The van der Waals surface area contributed by atoms with E-state index in [0.717, 1.165) is 19.5 Å². The molecule has 1 aromatic heterocycles. The average molecular weight is 297 g/mol. The molecule has 1 heterocycles. The Morgan fingerprint density at radius 2 is 2.05 bits per heavy atom. The van der Waals surface area contributed by atoms with Gasteiger partial charge >= 0.3 is 0 Å². The van der Waals surface area contributed by atoms with Crippen molar-refractivity contribution in [3.05, 3.63) is 22.4 Å². The summed E-state index contributed by atoms with van der Waals surface area (Å²) in [5, 5.41) is 5.77. The van der Waals surface area contributed by atoms with Gasteiger partial charge in [-0.25, -0.2) is 0 Å². The van der Waals surface area contributed by atoms with Gasteiger partial charge in [-0.3, -0.25) is 0 Å². The summed E-state index contributed by atoms with van der Waals surface area (Å²) in [7, 11) is 2.27. The smallest absolute Gasteiger partial charge is 0.0112 e. The van der Waals surface area contributed by atoms with Crippen molar-refractivity contribution >= 4 is 11.3 Å². The second-order valence-electron chi connectivity index (χ2n) is 6.75. The minimum absolute atomic E-state index is 0.350. The van der Waals surface area contributed by atoms with Crippen LogP contribution < -0.4 is 5.32 Å². The lowest BCUT2D eigenvalue weighted by atomic mass is 9.86. The molecule has 0 saturated carbocycles. The van der Waals surface area contributed by atoms with Crippen LogP contribution in [0.5, 0.6) is 0 Å². The van der Waals surface area contributed by atoms with Crippen molar-refractivity contribution in [1.29, 1.82) is 0 Å². The van der Waals surface area contributed by atoms with Crippen molar-refractivity contribution in [3.63, 3.8) is 0 Å². The van der Waals surface area contributed by atoms with Crippen molar-refractivity contribution in [1.82, 2.24) is 10.2 Å². The normalized spacial score (nSPS) is 16.6. The first kappa shape index (κ1) is 17.7. The third kappa shape index (κ3) is 5.94. The van der Waals surface area contributed by atoms with Gasteiger partial charge in [0.15, 0.2) is 0 Å². The first-order chi connectivity index (χ1) is 9.36. The van der Waals surface area contributed by atoms with Crippen LogP contribution in [0.1, 0.15) is 45.9 Å². The van der Waals surface area contributed by atoms with E-state index >= 15 is 0 Å². The fourth-order valence-electron chi connectivity index (χ4n) is 2.38. The fourth-order valence-corrected chi connectivity index (χ4v) is 3.20. The van der Waals surface area contributed by atoms with Crippen molar-refractivity contribution in [2.75, 3.05) is 20.1 Å². The molecular weight excluding hydrogens is 264 g/mol. The van der Waals surface area contributed by atoms with Gasteiger partial charge < -0.3 is 10.2 Å². The Morgan fingerprint density at radius 1 is 1.35 bits per heavy atom. The van der Waals surface area contributed by atoms with Gasteiger partial charge in [0.2, 0.25) is 0 Å². The first-order valence-electron chi connectivity index (χ1n) is 7.82. The minimum Gasteiger partial charge on any atom is -0.314 e. The highest BCUT2D eigenvalue weighted by Crippen LogP contribution is 2.23. The van der Waals surface area contributed by atoms with Gasteiger partial charge in [-0.2, -0.15) is 0 Å². The average Bonchev–Trinajstić information content (AvgIpc) is 2.89. The Kier molecular flexibility index (Phi) is 7.21. The second kappa shape index (κ2) is 8.16. The van der Waals surface area contributed by atoms with Gasteiger partial charge in [0.1, 0.15) is 0 Å². The molecule has 0 saturated heterocycles. The van der Waals surface area contributed by atoms with E-state index in [0.29, 0.717) is 17.5 Å². The molecule has 0 bridgehead atoms. The molecule has 116 valence electrons. The molecule has 0 radical (unpaired) electrons. The number of hydrogen-bond acceptors (Lipinski definition) is 3. The lowest BCUT2D eigenvalue weighted by Gasteiger charge is -2.36. The van der Waals surface area contributed by atoms with Gasteiger partial charge in [0.05, 0.1) is 0 Å². The van der Waals surface area contributed by atoms with Crippen molar-refractivity contribution in [2.24, 2.45) is 5.41 Å². The molecular formula is C17H32N2S. The zero-order chi connectivity index (χ0) is 15.2. The van der Waals surface area contributed by atoms with Crippen LogP contribution in [0.2, 0.25) is 0 Å². The molecule has 0 aromatic carbocycles. The lowest BCUT2D eigenvalue weighted by Crippen LogP contribution is -2.45. The van der Waals surface area contributed by atoms with Gasteiger partial charge in [0.25, 0.3) is 0 Å².